The molecule has 0 amide bonds. The number of halogens is 2. The van der Waals surface area contributed by atoms with Crippen molar-refractivity contribution in [1.82, 2.24) is 10.2 Å². The molecule has 0 saturated carbocycles. The molecule has 158 valence electrons. The average Bonchev–Trinajstić information content (AvgIpc) is 3.12. The fourth-order valence-corrected chi connectivity index (χ4v) is 4.75. The minimum Gasteiger partial charge on any atom is -0.355 e. The smallest absolute Gasteiger partial charge is 0.236 e. The first-order valence-corrected chi connectivity index (χ1v) is 10.8. The molecule has 0 saturated heterocycles. The van der Waals surface area contributed by atoms with Gasteiger partial charge in [-0.15, -0.1) is 24.0 Å². The third-order valence-corrected chi connectivity index (χ3v) is 6.50. The van der Waals surface area contributed by atoms with Crippen molar-refractivity contribution in [1.29, 1.82) is 0 Å². The molecule has 3 rings (SSSR count). The Hall–Kier alpha value is -1.88. The molecule has 0 radical (unpaired) electrons. The van der Waals surface area contributed by atoms with E-state index in [-0.39, 0.29) is 42.1 Å². The molecule has 0 fully saturated rings. The second kappa shape index (κ2) is 10.2. The number of sulfonamides is 1. The number of aliphatic imine (C=N–C) groups is 1. The van der Waals surface area contributed by atoms with Crippen molar-refractivity contribution in [3.63, 3.8) is 0 Å². The highest BCUT2D eigenvalue weighted by Gasteiger charge is 2.28. The van der Waals surface area contributed by atoms with Crippen molar-refractivity contribution < 1.29 is 12.8 Å². The lowest BCUT2D eigenvalue weighted by atomic mass is 10.2. The highest BCUT2D eigenvalue weighted by atomic mass is 127. The average molecular weight is 532 g/mol. The van der Waals surface area contributed by atoms with Crippen LogP contribution in [0.25, 0.3) is 0 Å². The first-order valence-electron chi connectivity index (χ1n) is 9.15. The number of rotatable bonds is 6. The molecular weight excluding hydrogens is 506 g/mol. The van der Waals surface area contributed by atoms with E-state index in [1.54, 1.807) is 19.2 Å². The van der Waals surface area contributed by atoms with Gasteiger partial charge in [0.2, 0.25) is 10.0 Å². The van der Waals surface area contributed by atoms with E-state index in [2.05, 4.69) is 10.3 Å². The fourth-order valence-electron chi connectivity index (χ4n) is 3.32. The van der Waals surface area contributed by atoms with Crippen LogP contribution in [0, 0.1) is 5.82 Å². The van der Waals surface area contributed by atoms with Crippen LogP contribution in [0.5, 0.6) is 0 Å². The second-order valence-corrected chi connectivity index (χ2v) is 8.74. The normalized spacial score (nSPS) is 13.6. The highest BCUT2D eigenvalue weighted by molar-refractivity contribution is 14.0. The van der Waals surface area contributed by atoms with Gasteiger partial charge in [0.1, 0.15) is 5.82 Å². The summed E-state index contributed by atoms with van der Waals surface area (Å²) in [5, 5.41) is 3.10. The highest BCUT2D eigenvalue weighted by Crippen LogP contribution is 2.29. The van der Waals surface area contributed by atoms with E-state index in [4.69, 9.17) is 0 Å². The Labute approximate surface area is 188 Å². The number of hydrogen-bond donors (Lipinski definition) is 1. The predicted octanol–water partition coefficient (Wildman–Crippen LogP) is 2.84. The molecular formula is C20H26FIN4O2S. The SMILES string of the molecule is CN=C(NCCS(=O)(=O)N1CCc2ccccc21)N(C)Cc1ccc(F)cc1.I. The molecule has 0 atom stereocenters. The van der Waals surface area contributed by atoms with Gasteiger partial charge < -0.3 is 10.2 Å². The molecule has 0 bridgehead atoms. The van der Waals surface area contributed by atoms with Crippen molar-refractivity contribution >= 4 is 45.6 Å². The molecule has 2 aromatic rings. The number of nitrogens with zero attached hydrogens (tertiary/aromatic N) is 3. The number of hydrogen-bond acceptors (Lipinski definition) is 3. The van der Waals surface area contributed by atoms with Crippen LogP contribution >= 0.6 is 24.0 Å². The Bertz CT molecular complexity index is 951. The number of guanidine groups is 1. The van der Waals surface area contributed by atoms with Crippen LogP contribution in [0.2, 0.25) is 0 Å². The van der Waals surface area contributed by atoms with E-state index in [0.717, 1.165) is 23.2 Å². The molecule has 1 aliphatic rings. The van der Waals surface area contributed by atoms with Gasteiger partial charge in [0.15, 0.2) is 5.96 Å². The van der Waals surface area contributed by atoms with Crippen LogP contribution in [0.1, 0.15) is 11.1 Å². The quantitative estimate of drug-likeness (QED) is 0.353. The zero-order valence-electron chi connectivity index (χ0n) is 16.5. The van der Waals surface area contributed by atoms with E-state index in [1.807, 2.05) is 36.2 Å². The number of anilines is 1. The summed E-state index contributed by atoms with van der Waals surface area (Å²) < 4.78 is 40.0. The van der Waals surface area contributed by atoms with Gasteiger partial charge in [-0.3, -0.25) is 9.30 Å². The van der Waals surface area contributed by atoms with E-state index in [1.165, 1.54) is 16.4 Å². The van der Waals surface area contributed by atoms with Gasteiger partial charge >= 0.3 is 0 Å². The van der Waals surface area contributed by atoms with Crippen LogP contribution in [-0.2, 0) is 23.0 Å². The second-order valence-electron chi connectivity index (χ2n) is 6.72. The molecule has 1 aliphatic heterocycles. The standard InChI is InChI=1S/C20H25FN4O2S.HI/c1-22-20(24(2)15-16-7-9-18(21)10-8-16)23-12-14-28(26,27)25-13-11-17-5-3-4-6-19(17)25;/h3-10H,11-15H2,1-2H3,(H,22,23);1H. The number of para-hydroxylation sites is 1. The molecule has 1 N–H and O–H groups in total. The van der Waals surface area contributed by atoms with E-state index in [0.29, 0.717) is 19.0 Å². The molecule has 9 heteroatoms. The zero-order valence-corrected chi connectivity index (χ0v) is 19.7. The topological polar surface area (TPSA) is 65.0 Å². The van der Waals surface area contributed by atoms with Crippen molar-refractivity contribution in [2.75, 3.05) is 37.2 Å². The Kier molecular flexibility index (Phi) is 8.26. The lowest BCUT2D eigenvalue weighted by Crippen LogP contribution is -2.42. The zero-order chi connectivity index (χ0) is 20.1. The number of fused-ring (bicyclic) bond motifs is 1. The Morgan fingerprint density at radius 3 is 2.59 bits per heavy atom. The molecule has 0 unspecified atom stereocenters. The molecule has 1 heterocycles. The third-order valence-electron chi connectivity index (χ3n) is 4.73. The Balaban J connectivity index is 0.00000300. The van der Waals surface area contributed by atoms with Gasteiger partial charge in [-0.1, -0.05) is 30.3 Å². The van der Waals surface area contributed by atoms with Gasteiger partial charge in [-0.25, -0.2) is 12.8 Å². The predicted molar refractivity (Wildman–Crippen MR) is 126 cm³/mol. The summed E-state index contributed by atoms with van der Waals surface area (Å²) in [7, 11) is 0.0876. The molecule has 29 heavy (non-hydrogen) atoms. The van der Waals surface area contributed by atoms with Gasteiger partial charge in [-0.05, 0) is 35.7 Å². The van der Waals surface area contributed by atoms with Crippen LogP contribution in [0.4, 0.5) is 10.1 Å². The van der Waals surface area contributed by atoms with Crippen molar-refractivity contribution in [3.05, 3.63) is 65.5 Å². The van der Waals surface area contributed by atoms with E-state index in [9.17, 15) is 12.8 Å². The van der Waals surface area contributed by atoms with Crippen LogP contribution in [0.3, 0.4) is 0 Å². The summed E-state index contributed by atoms with van der Waals surface area (Å²) in [6, 6.07) is 13.9. The van der Waals surface area contributed by atoms with Gasteiger partial charge in [0.05, 0.1) is 11.4 Å². The molecule has 0 aliphatic carbocycles. The molecule has 0 aromatic heterocycles. The van der Waals surface area contributed by atoms with Crippen molar-refractivity contribution in [2.24, 2.45) is 4.99 Å². The van der Waals surface area contributed by atoms with Crippen LogP contribution in [-0.4, -0.2) is 52.2 Å². The summed E-state index contributed by atoms with van der Waals surface area (Å²) in [6.45, 7) is 1.27. The van der Waals surface area contributed by atoms with Gasteiger partial charge in [-0.2, -0.15) is 0 Å². The first-order chi connectivity index (χ1) is 13.4. The number of benzene rings is 2. The first kappa shape index (κ1) is 23.4. The maximum absolute atomic E-state index is 13.0. The summed E-state index contributed by atoms with van der Waals surface area (Å²) >= 11 is 0. The lowest BCUT2D eigenvalue weighted by Gasteiger charge is -2.23. The number of nitrogens with one attached hydrogen (secondary N) is 1. The van der Waals surface area contributed by atoms with Gasteiger partial charge in [0, 0.05) is 33.7 Å². The van der Waals surface area contributed by atoms with Crippen LogP contribution in [0.15, 0.2) is 53.5 Å². The largest absolute Gasteiger partial charge is 0.355 e. The molecule has 6 nitrogen and oxygen atoms in total. The van der Waals surface area contributed by atoms with Gasteiger partial charge in [0.25, 0.3) is 0 Å². The van der Waals surface area contributed by atoms with Crippen LogP contribution < -0.4 is 9.62 Å². The summed E-state index contributed by atoms with van der Waals surface area (Å²) in [5.41, 5.74) is 2.78. The summed E-state index contributed by atoms with van der Waals surface area (Å²) in [4.78, 5) is 6.07. The summed E-state index contributed by atoms with van der Waals surface area (Å²) in [5.74, 6) is 0.286. The minimum absolute atomic E-state index is 0. The maximum Gasteiger partial charge on any atom is 0.236 e. The summed E-state index contributed by atoms with van der Waals surface area (Å²) in [6.07, 6.45) is 0.741. The molecule has 0 spiro atoms. The van der Waals surface area contributed by atoms with Crippen molar-refractivity contribution in [3.8, 4) is 0 Å². The Morgan fingerprint density at radius 1 is 1.21 bits per heavy atom. The Morgan fingerprint density at radius 2 is 1.90 bits per heavy atom. The maximum atomic E-state index is 13.0. The van der Waals surface area contributed by atoms with E-state index < -0.39 is 10.0 Å². The monoisotopic (exact) mass is 532 g/mol. The minimum atomic E-state index is -3.41. The molecule has 2 aromatic carbocycles. The lowest BCUT2D eigenvalue weighted by molar-refractivity contribution is 0.478. The third kappa shape index (κ3) is 5.81. The van der Waals surface area contributed by atoms with Crippen molar-refractivity contribution in [2.45, 2.75) is 13.0 Å². The van der Waals surface area contributed by atoms with E-state index >= 15 is 0 Å². The fraction of sp³-hybridized carbons (Fsp3) is 0.350.